The normalized spacial score (nSPS) is 14.8. The number of nitrogens with one attached hydrogen (secondary N) is 1. The number of oxazole rings is 1. The van der Waals surface area contributed by atoms with Gasteiger partial charge in [0.1, 0.15) is 6.26 Å². The minimum Gasteiger partial charge on any atom is -0.441 e. The van der Waals surface area contributed by atoms with E-state index in [2.05, 4.69) is 52.2 Å². The molecule has 1 fully saturated rings. The van der Waals surface area contributed by atoms with Crippen LogP contribution in [0, 0.1) is 13.8 Å². The van der Waals surface area contributed by atoms with Crippen LogP contribution in [0.25, 0.3) is 11.1 Å². The summed E-state index contributed by atoms with van der Waals surface area (Å²) in [6, 6.07) is 6.64. The van der Waals surface area contributed by atoms with E-state index in [4.69, 9.17) is 10.2 Å². The van der Waals surface area contributed by atoms with Crippen LogP contribution in [0.5, 0.6) is 0 Å². The SMILES string of the molecule is Cc1cc(C)cc(-c2cncc(NC(=O)c3ncco3)c2N2CCC(N)CC2)c1. The summed E-state index contributed by atoms with van der Waals surface area (Å²) in [6.45, 7) is 5.81. The van der Waals surface area contributed by atoms with Gasteiger partial charge in [-0.2, -0.15) is 0 Å². The third-order valence-corrected chi connectivity index (χ3v) is 5.18. The summed E-state index contributed by atoms with van der Waals surface area (Å²) in [5, 5.41) is 2.93. The van der Waals surface area contributed by atoms with Crippen molar-refractivity contribution >= 4 is 17.3 Å². The fourth-order valence-electron chi connectivity index (χ4n) is 3.86. The molecule has 29 heavy (non-hydrogen) atoms. The van der Waals surface area contributed by atoms with E-state index < -0.39 is 5.91 Å². The van der Waals surface area contributed by atoms with Crippen molar-refractivity contribution in [3.05, 3.63) is 60.1 Å². The summed E-state index contributed by atoms with van der Waals surface area (Å²) in [4.78, 5) is 23.2. The van der Waals surface area contributed by atoms with Crippen LogP contribution >= 0.6 is 0 Å². The number of anilines is 2. The Bertz CT molecular complexity index is 988. The first-order chi connectivity index (χ1) is 14.0. The first-order valence-corrected chi connectivity index (χ1v) is 9.79. The summed E-state index contributed by atoms with van der Waals surface area (Å²) >= 11 is 0. The molecule has 2 aromatic heterocycles. The number of hydrogen-bond acceptors (Lipinski definition) is 6. The van der Waals surface area contributed by atoms with Crippen LogP contribution in [0.15, 0.2) is 47.5 Å². The Labute approximate surface area is 170 Å². The summed E-state index contributed by atoms with van der Waals surface area (Å²) in [6.07, 6.45) is 8.18. The Morgan fingerprint density at radius 1 is 1.17 bits per heavy atom. The molecule has 0 unspecified atom stereocenters. The predicted molar refractivity (Wildman–Crippen MR) is 113 cm³/mol. The molecule has 0 spiro atoms. The number of hydrogen-bond donors (Lipinski definition) is 2. The van der Waals surface area contributed by atoms with Crippen LogP contribution < -0.4 is 16.0 Å². The zero-order valence-corrected chi connectivity index (χ0v) is 16.7. The van der Waals surface area contributed by atoms with Gasteiger partial charge in [0, 0.05) is 30.9 Å². The highest BCUT2D eigenvalue weighted by atomic mass is 16.3. The lowest BCUT2D eigenvalue weighted by Gasteiger charge is -2.34. The number of aromatic nitrogens is 2. The number of nitrogens with zero attached hydrogens (tertiary/aromatic N) is 3. The van der Waals surface area contributed by atoms with Gasteiger partial charge in [0.15, 0.2) is 0 Å². The predicted octanol–water partition coefficient (Wildman–Crippen LogP) is 3.53. The first kappa shape index (κ1) is 19.1. The molecule has 7 nitrogen and oxygen atoms in total. The molecule has 0 atom stereocenters. The average Bonchev–Trinajstić information content (AvgIpc) is 3.23. The number of amides is 1. The van der Waals surface area contributed by atoms with E-state index in [0.29, 0.717) is 5.69 Å². The van der Waals surface area contributed by atoms with Crippen LogP contribution in [0.3, 0.4) is 0 Å². The van der Waals surface area contributed by atoms with Crippen LogP contribution in [0.4, 0.5) is 11.4 Å². The Hall–Kier alpha value is -3.19. The highest BCUT2D eigenvalue weighted by Crippen LogP contribution is 2.38. The van der Waals surface area contributed by atoms with Gasteiger partial charge in [0.05, 0.1) is 23.8 Å². The maximum atomic E-state index is 12.6. The van der Waals surface area contributed by atoms with E-state index in [0.717, 1.165) is 42.7 Å². The van der Waals surface area contributed by atoms with Crippen molar-refractivity contribution in [1.82, 2.24) is 9.97 Å². The van der Waals surface area contributed by atoms with Crippen LogP contribution in [0.1, 0.15) is 34.7 Å². The molecular formula is C22H25N5O2. The van der Waals surface area contributed by atoms with Gasteiger partial charge in [0.2, 0.25) is 0 Å². The largest absolute Gasteiger partial charge is 0.441 e. The highest BCUT2D eigenvalue weighted by Gasteiger charge is 2.24. The Balaban J connectivity index is 1.79. The van der Waals surface area contributed by atoms with Crippen molar-refractivity contribution in [3.8, 4) is 11.1 Å². The van der Waals surface area contributed by atoms with E-state index in [1.807, 2.05) is 6.20 Å². The van der Waals surface area contributed by atoms with E-state index in [1.54, 1.807) is 6.20 Å². The summed E-state index contributed by atoms with van der Waals surface area (Å²) in [7, 11) is 0. The molecule has 1 aliphatic rings. The van der Waals surface area contributed by atoms with Gasteiger partial charge in [-0.3, -0.25) is 9.78 Å². The molecule has 1 aliphatic heterocycles. The molecule has 7 heteroatoms. The van der Waals surface area contributed by atoms with Gasteiger partial charge in [-0.25, -0.2) is 4.98 Å². The van der Waals surface area contributed by atoms with Gasteiger partial charge in [-0.05, 0) is 32.3 Å². The standard InChI is InChI=1S/C22H25N5O2/c1-14-9-15(2)11-16(10-14)18-12-24-13-19(26-21(28)22-25-5-8-29-22)20(18)27-6-3-17(23)4-7-27/h5,8-13,17H,3-4,6-7,23H2,1-2H3,(H,26,28). The maximum absolute atomic E-state index is 12.6. The lowest BCUT2D eigenvalue weighted by molar-refractivity contribution is 0.0990. The van der Waals surface area contributed by atoms with Crippen molar-refractivity contribution in [2.24, 2.45) is 5.73 Å². The molecule has 150 valence electrons. The lowest BCUT2D eigenvalue weighted by Crippen LogP contribution is -2.40. The van der Waals surface area contributed by atoms with Gasteiger partial charge in [-0.1, -0.05) is 29.3 Å². The Morgan fingerprint density at radius 2 is 1.90 bits per heavy atom. The molecule has 3 N–H and O–H groups in total. The number of aryl methyl sites for hydroxylation is 2. The monoisotopic (exact) mass is 391 g/mol. The second-order valence-electron chi connectivity index (χ2n) is 7.58. The zero-order chi connectivity index (χ0) is 20.4. The van der Waals surface area contributed by atoms with E-state index in [9.17, 15) is 4.79 Å². The highest BCUT2D eigenvalue weighted by molar-refractivity contribution is 6.04. The molecule has 1 amide bonds. The summed E-state index contributed by atoms with van der Waals surface area (Å²) in [5.41, 5.74) is 12.1. The minimum atomic E-state index is -0.399. The fraction of sp³-hybridized carbons (Fsp3) is 0.318. The number of benzene rings is 1. The van der Waals surface area contributed by atoms with Gasteiger partial charge in [-0.15, -0.1) is 0 Å². The molecule has 3 heterocycles. The Kier molecular flexibility index (Phi) is 5.31. The molecule has 3 aromatic rings. The number of piperidine rings is 1. The molecule has 1 saturated heterocycles. The first-order valence-electron chi connectivity index (χ1n) is 9.79. The number of carbonyl (C=O) groups is 1. The average molecular weight is 391 g/mol. The molecule has 0 saturated carbocycles. The summed E-state index contributed by atoms with van der Waals surface area (Å²) < 4.78 is 5.14. The van der Waals surface area contributed by atoms with Crippen LogP contribution in [0.2, 0.25) is 0 Å². The van der Waals surface area contributed by atoms with Gasteiger partial charge in [0.25, 0.3) is 5.89 Å². The quantitative estimate of drug-likeness (QED) is 0.706. The van der Waals surface area contributed by atoms with Gasteiger partial charge < -0.3 is 20.4 Å². The second kappa shape index (κ2) is 8.05. The fourth-order valence-corrected chi connectivity index (χ4v) is 3.86. The van der Waals surface area contributed by atoms with Crippen molar-refractivity contribution in [2.75, 3.05) is 23.3 Å². The smallest absolute Gasteiger partial charge is 0.311 e. The maximum Gasteiger partial charge on any atom is 0.311 e. The number of carbonyl (C=O) groups excluding carboxylic acids is 1. The topological polar surface area (TPSA) is 97.3 Å². The van der Waals surface area contributed by atoms with E-state index in [1.165, 1.54) is 23.6 Å². The molecule has 1 aromatic carbocycles. The minimum absolute atomic E-state index is 0.0217. The molecule has 0 aliphatic carbocycles. The van der Waals surface area contributed by atoms with Crippen molar-refractivity contribution in [2.45, 2.75) is 32.7 Å². The van der Waals surface area contributed by atoms with E-state index >= 15 is 0 Å². The molecule has 4 rings (SSSR count). The van der Waals surface area contributed by atoms with Crippen LogP contribution in [-0.4, -0.2) is 35.0 Å². The van der Waals surface area contributed by atoms with Crippen molar-refractivity contribution < 1.29 is 9.21 Å². The van der Waals surface area contributed by atoms with Crippen LogP contribution in [-0.2, 0) is 0 Å². The Morgan fingerprint density at radius 3 is 2.55 bits per heavy atom. The van der Waals surface area contributed by atoms with Gasteiger partial charge >= 0.3 is 5.91 Å². The van der Waals surface area contributed by atoms with Crippen molar-refractivity contribution in [3.63, 3.8) is 0 Å². The second-order valence-corrected chi connectivity index (χ2v) is 7.58. The zero-order valence-electron chi connectivity index (χ0n) is 16.7. The molecular weight excluding hydrogens is 366 g/mol. The summed E-state index contributed by atoms with van der Waals surface area (Å²) in [5.74, 6) is -0.377. The molecule has 0 bridgehead atoms. The number of nitrogens with two attached hydrogens (primary N) is 1. The number of rotatable bonds is 4. The molecule has 0 radical (unpaired) electrons. The lowest BCUT2D eigenvalue weighted by atomic mass is 9.98. The van der Waals surface area contributed by atoms with E-state index in [-0.39, 0.29) is 11.9 Å². The number of pyridine rings is 1. The van der Waals surface area contributed by atoms with Crippen molar-refractivity contribution in [1.29, 1.82) is 0 Å². The third kappa shape index (κ3) is 4.14. The third-order valence-electron chi connectivity index (χ3n) is 5.18.